The number of amides is 1. The van der Waals surface area contributed by atoms with E-state index in [1.807, 2.05) is 30.3 Å². The van der Waals surface area contributed by atoms with Crippen LogP contribution in [0.25, 0.3) is 0 Å². The van der Waals surface area contributed by atoms with Gasteiger partial charge in [-0.2, -0.15) is 0 Å². The second kappa shape index (κ2) is 12.1. The van der Waals surface area contributed by atoms with Gasteiger partial charge in [-0.15, -0.1) is 0 Å². The van der Waals surface area contributed by atoms with Gasteiger partial charge in [0.05, 0.1) is 12.8 Å². The number of hydrogen-bond acceptors (Lipinski definition) is 5. The first-order valence-corrected chi connectivity index (χ1v) is 10.5. The Kier molecular flexibility index (Phi) is 10.5. The van der Waals surface area contributed by atoms with E-state index in [0.29, 0.717) is 18.9 Å². The molecule has 1 rings (SSSR count). The Labute approximate surface area is 155 Å². The van der Waals surface area contributed by atoms with E-state index >= 15 is 0 Å². The number of ether oxygens (including phenoxy) is 2. The monoisotopic (exact) mass is 387 g/mol. The zero-order valence-corrected chi connectivity index (χ0v) is 16.6. The number of carbonyl (C=O) groups is 1. The molecule has 1 aromatic carbocycles. The highest BCUT2D eigenvalue weighted by Crippen LogP contribution is 2.39. The van der Waals surface area contributed by atoms with Crippen molar-refractivity contribution in [2.75, 3.05) is 26.5 Å². The molecule has 0 fully saturated rings. The minimum absolute atomic E-state index is 0.0507. The van der Waals surface area contributed by atoms with Gasteiger partial charge < -0.3 is 24.2 Å². The average Bonchev–Trinajstić information content (AvgIpc) is 2.60. The Morgan fingerprint density at radius 2 is 1.92 bits per heavy atom. The normalized spacial score (nSPS) is 14.7. The van der Waals surface area contributed by atoms with Crippen LogP contribution in [0.5, 0.6) is 0 Å². The fourth-order valence-corrected chi connectivity index (χ4v) is 2.89. The Morgan fingerprint density at radius 3 is 2.54 bits per heavy atom. The number of benzene rings is 1. The Hall–Kier alpha value is -1.40. The van der Waals surface area contributed by atoms with Crippen LogP contribution in [0, 0.1) is 5.92 Å². The highest BCUT2D eigenvalue weighted by Gasteiger charge is 2.18. The molecule has 0 radical (unpaired) electrons. The summed E-state index contributed by atoms with van der Waals surface area (Å²) in [6, 6.07) is 9.40. The number of hydrogen-bond donors (Lipinski definition) is 2. The van der Waals surface area contributed by atoms with E-state index < -0.39 is 13.7 Å². The summed E-state index contributed by atoms with van der Waals surface area (Å²) in [7, 11) is -2.34. The van der Waals surface area contributed by atoms with Crippen molar-refractivity contribution in [3.05, 3.63) is 35.9 Å². The summed E-state index contributed by atoms with van der Waals surface area (Å²) in [6.07, 6.45) is 0.880. The van der Waals surface area contributed by atoms with Gasteiger partial charge in [0.15, 0.2) is 0 Å². The van der Waals surface area contributed by atoms with Crippen molar-refractivity contribution in [3.8, 4) is 0 Å². The van der Waals surface area contributed by atoms with E-state index in [1.54, 1.807) is 0 Å². The van der Waals surface area contributed by atoms with Crippen molar-refractivity contribution in [2.45, 2.75) is 39.3 Å². The van der Waals surface area contributed by atoms with Crippen LogP contribution in [0.15, 0.2) is 30.3 Å². The summed E-state index contributed by atoms with van der Waals surface area (Å²) in [5, 5.41) is 2.87. The molecule has 8 heteroatoms. The first-order chi connectivity index (χ1) is 12.3. The van der Waals surface area contributed by atoms with Crippen molar-refractivity contribution < 1.29 is 28.3 Å². The summed E-state index contributed by atoms with van der Waals surface area (Å²) in [6.45, 7) is 4.88. The zero-order chi connectivity index (χ0) is 19.4. The molecule has 0 aliphatic rings. The van der Waals surface area contributed by atoms with E-state index in [-0.39, 0.29) is 25.4 Å². The lowest BCUT2D eigenvalue weighted by Gasteiger charge is -2.20. The maximum Gasteiger partial charge on any atom is 0.407 e. The molecule has 0 bridgehead atoms. The maximum atomic E-state index is 12.0. The molecule has 0 aromatic heterocycles. The molecule has 1 aromatic rings. The molecule has 0 saturated heterocycles. The lowest BCUT2D eigenvalue weighted by Crippen LogP contribution is -2.37. The lowest BCUT2D eigenvalue weighted by atomic mass is 10.0. The summed E-state index contributed by atoms with van der Waals surface area (Å²) in [5.41, 5.74) is 0.929. The molecule has 148 valence electrons. The quantitative estimate of drug-likeness (QED) is 0.421. The van der Waals surface area contributed by atoms with Crippen LogP contribution in [0.1, 0.15) is 32.3 Å². The molecule has 0 aliphatic heterocycles. The van der Waals surface area contributed by atoms with Crippen LogP contribution in [-0.2, 0) is 25.2 Å². The summed E-state index contributed by atoms with van der Waals surface area (Å²) < 4.78 is 26.5. The molecule has 7 nitrogen and oxygen atoms in total. The molecule has 0 saturated carbocycles. The SMILES string of the molecule is COP(=O)(O)CCOCCC(CC(C)C)NC(=O)OCc1ccccc1. The molecular weight excluding hydrogens is 357 g/mol. The van der Waals surface area contributed by atoms with E-state index in [2.05, 4.69) is 23.7 Å². The van der Waals surface area contributed by atoms with E-state index in [4.69, 9.17) is 9.47 Å². The van der Waals surface area contributed by atoms with Crippen LogP contribution >= 0.6 is 7.60 Å². The van der Waals surface area contributed by atoms with Gasteiger partial charge in [0.25, 0.3) is 0 Å². The van der Waals surface area contributed by atoms with Gasteiger partial charge in [-0.1, -0.05) is 44.2 Å². The second-order valence-corrected chi connectivity index (χ2v) is 8.56. The van der Waals surface area contributed by atoms with Crippen LogP contribution < -0.4 is 5.32 Å². The van der Waals surface area contributed by atoms with Gasteiger partial charge in [0.1, 0.15) is 6.61 Å². The van der Waals surface area contributed by atoms with Crippen LogP contribution in [0.4, 0.5) is 4.79 Å². The second-order valence-electron chi connectivity index (χ2n) is 6.48. The van der Waals surface area contributed by atoms with Crippen LogP contribution in [0.3, 0.4) is 0 Å². The van der Waals surface area contributed by atoms with E-state index in [9.17, 15) is 14.3 Å². The largest absolute Gasteiger partial charge is 0.445 e. The minimum atomic E-state index is -3.54. The topological polar surface area (TPSA) is 94.1 Å². The summed E-state index contributed by atoms with van der Waals surface area (Å²) >= 11 is 0. The highest BCUT2D eigenvalue weighted by atomic mass is 31.2. The molecule has 0 heterocycles. The molecule has 0 spiro atoms. The Bertz CT molecular complexity index is 566. The lowest BCUT2D eigenvalue weighted by molar-refractivity contribution is 0.117. The third kappa shape index (κ3) is 10.6. The first-order valence-electron chi connectivity index (χ1n) is 8.75. The van der Waals surface area contributed by atoms with Crippen molar-refractivity contribution >= 4 is 13.7 Å². The van der Waals surface area contributed by atoms with Gasteiger partial charge in [-0.05, 0) is 24.3 Å². The van der Waals surface area contributed by atoms with Gasteiger partial charge in [0, 0.05) is 19.8 Å². The standard InChI is InChI=1S/C18H30NO6P/c1-15(2)13-17(9-10-24-11-12-26(21,22)23-3)19-18(20)25-14-16-7-5-4-6-8-16/h4-8,15,17H,9-14H2,1-3H3,(H,19,20)(H,21,22). The van der Waals surface area contributed by atoms with Crippen LogP contribution in [-0.4, -0.2) is 43.5 Å². The number of carbonyl (C=O) groups excluding carboxylic acids is 1. The molecule has 2 unspecified atom stereocenters. The predicted octanol–water partition coefficient (Wildman–Crippen LogP) is 3.57. The minimum Gasteiger partial charge on any atom is -0.445 e. The summed E-state index contributed by atoms with van der Waals surface area (Å²) in [5.74, 6) is 0.403. The van der Waals surface area contributed by atoms with Crippen molar-refractivity contribution in [2.24, 2.45) is 5.92 Å². The molecular formula is C18H30NO6P. The van der Waals surface area contributed by atoms with Crippen molar-refractivity contribution in [1.82, 2.24) is 5.32 Å². The fourth-order valence-electron chi connectivity index (χ4n) is 2.35. The molecule has 0 aliphatic carbocycles. The smallest absolute Gasteiger partial charge is 0.407 e. The average molecular weight is 387 g/mol. The van der Waals surface area contributed by atoms with Gasteiger partial charge in [0.2, 0.25) is 0 Å². The van der Waals surface area contributed by atoms with E-state index in [1.165, 1.54) is 7.11 Å². The third-order valence-electron chi connectivity index (χ3n) is 3.70. The molecule has 2 atom stereocenters. The highest BCUT2D eigenvalue weighted by molar-refractivity contribution is 7.52. The molecule has 26 heavy (non-hydrogen) atoms. The number of rotatable bonds is 12. The van der Waals surface area contributed by atoms with Crippen molar-refractivity contribution in [3.63, 3.8) is 0 Å². The number of alkyl carbamates (subject to hydrolysis) is 1. The molecule has 2 N–H and O–H groups in total. The van der Waals surface area contributed by atoms with Crippen LogP contribution in [0.2, 0.25) is 0 Å². The van der Waals surface area contributed by atoms with E-state index in [0.717, 1.165) is 12.0 Å². The Morgan fingerprint density at radius 1 is 1.23 bits per heavy atom. The molecule has 1 amide bonds. The third-order valence-corrected chi connectivity index (χ3v) is 5.02. The summed E-state index contributed by atoms with van der Waals surface area (Å²) in [4.78, 5) is 21.3. The fraction of sp³-hybridized carbons (Fsp3) is 0.611. The van der Waals surface area contributed by atoms with Gasteiger partial charge >= 0.3 is 13.7 Å². The number of nitrogens with one attached hydrogen (secondary N) is 1. The Balaban J connectivity index is 2.33. The predicted molar refractivity (Wildman–Crippen MR) is 100 cm³/mol. The van der Waals surface area contributed by atoms with Crippen molar-refractivity contribution in [1.29, 1.82) is 0 Å². The maximum absolute atomic E-state index is 12.0. The first kappa shape index (κ1) is 22.6. The zero-order valence-electron chi connectivity index (χ0n) is 15.7. The van der Waals surface area contributed by atoms with Gasteiger partial charge in [-0.25, -0.2) is 4.79 Å². The van der Waals surface area contributed by atoms with Gasteiger partial charge in [-0.3, -0.25) is 4.57 Å².